The maximum atomic E-state index is 13.5. The van der Waals surface area contributed by atoms with Crippen LogP contribution >= 0.6 is 0 Å². The van der Waals surface area contributed by atoms with Crippen LogP contribution in [-0.2, 0) is 23.9 Å². The van der Waals surface area contributed by atoms with Crippen LogP contribution in [0.3, 0.4) is 0 Å². The summed E-state index contributed by atoms with van der Waals surface area (Å²) in [6, 6.07) is -1.81. The van der Waals surface area contributed by atoms with Crippen LogP contribution in [0.5, 0.6) is 0 Å². The van der Waals surface area contributed by atoms with E-state index in [0.717, 1.165) is 51.4 Å². The van der Waals surface area contributed by atoms with Crippen LogP contribution in [0.4, 0.5) is 0 Å². The Bertz CT molecular complexity index is 768. The minimum absolute atomic E-state index is 0.0717. The molecule has 0 fully saturated rings. The predicted molar refractivity (Wildman–Crippen MR) is 162 cm³/mol. The highest BCUT2D eigenvalue weighted by Gasteiger charge is 2.32. The second-order valence-corrected chi connectivity index (χ2v) is 11.0. The molecule has 0 aromatic heterocycles. The van der Waals surface area contributed by atoms with Crippen LogP contribution in [0.15, 0.2) is 25.3 Å². The lowest BCUT2D eigenvalue weighted by Gasteiger charge is -2.27. The standard InChI is InChI=1S/C32H57N3O5/c1-8-12-14-16-18-21-25(20-17-15-13-9-2)30(37)34-27(22-24(5)6)31(38)35-28(32(39)40-11-4)23-26(19-10-3)29(36)33-7/h9-10,24-28H,2-3,8,11-23H2,1,4-7H3,(H,33,36)(H,34,37)(H,35,38)/t25?,26?,27-,28-/m0/s1. The van der Waals surface area contributed by atoms with Crippen molar-refractivity contribution < 1.29 is 23.9 Å². The molecule has 230 valence electrons. The molecular formula is C32H57N3O5. The number of esters is 1. The zero-order valence-corrected chi connectivity index (χ0v) is 25.9. The number of unbranched alkanes of at least 4 members (excludes halogenated alkanes) is 6. The largest absolute Gasteiger partial charge is 0.464 e. The van der Waals surface area contributed by atoms with Gasteiger partial charge in [-0.1, -0.05) is 71.4 Å². The van der Waals surface area contributed by atoms with Gasteiger partial charge in [0.15, 0.2) is 0 Å². The number of allylic oxidation sites excluding steroid dienone is 2. The van der Waals surface area contributed by atoms with Crippen molar-refractivity contribution in [2.45, 2.75) is 123 Å². The van der Waals surface area contributed by atoms with E-state index in [9.17, 15) is 19.2 Å². The molecule has 3 amide bonds. The number of hydrogen-bond acceptors (Lipinski definition) is 5. The van der Waals surface area contributed by atoms with E-state index in [1.165, 1.54) is 19.9 Å². The summed E-state index contributed by atoms with van der Waals surface area (Å²) in [5.74, 6) is -1.98. The Morgan fingerprint density at radius 1 is 0.750 bits per heavy atom. The Hall–Kier alpha value is -2.64. The van der Waals surface area contributed by atoms with Crippen molar-refractivity contribution in [2.24, 2.45) is 17.8 Å². The van der Waals surface area contributed by atoms with Gasteiger partial charge in [0.2, 0.25) is 17.7 Å². The summed E-state index contributed by atoms with van der Waals surface area (Å²) < 4.78 is 5.21. The lowest BCUT2D eigenvalue weighted by Crippen LogP contribution is -2.54. The quantitative estimate of drug-likeness (QED) is 0.0802. The summed E-state index contributed by atoms with van der Waals surface area (Å²) in [4.78, 5) is 52.1. The minimum Gasteiger partial charge on any atom is -0.464 e. The number of carbonyl (C=O) groups is 4. The first-order chi connectivity index (χ1) is 19.1. The highest BCUT2D eigenvalue weighted by molar-refractivity contribution is 5.91. The van der Waals surface area contributed by atoms with Gasteiger partial charge in [-0.2, -0.15) is 0 Å². The maximum absolute atomic E-state index is 13.5. The van der Waals surface area contributed by atoms with E-state index in [0.29, 0.717) is 12.8 Å². The number of ether oxygens (including phenoxy) is 1. The Morgan fingerprint density at radius 2 is 1.38 bits per heavy atom. The van der Waals surface area contributed by atoms with E-state index >= 15 is 0 Å². The van der Waals surface area contributed by atoms with Gasteiger partial charge >= 0.3 is 5.97 Å². The van der Waals surface area contributed by atoms with E-state index in [2.05, 4.69) is 36.0 Å². The minimum atomic E-state index is -1.02. The fourth-order valence-electron chi connectivity index (χ4n) is 4.80. The zero-order chi connectivity index (χ0) is 30.3. The first-order valence-electron chi connectivity index (χ1n) is 15.4. The Labute approximate surface area is 243 Å². The molecule has 3 N–H and O–H groups in total. The lowest BCUT2D eigenvalue weighted by atomic mass is 9.92. The normalized spacial score (nSPS) is 13.9. The molecule has 8 nitrogen and oxygen atoms in total. The van der Waals surface area contributed by atoms with Crippen molar-refractivity contribution in [1.82, 2.24) is 16.0 Å². The van der Waals surface area contributed by atoms with Crippen LogP contribution in [-0.4, -0.2) is 49.4 Å². The van der Waals surface area contributed by atoms with Crippen LogP contribution in [0, 0.1) is 17.8 Å². The van der Waals surface area contributed by atoms with Gasteiger partial charge in [0.25, 0.3) is 0 Å². The molecule has 0 rings (SSSR count). The van der Waals surface area contributed by atoms with Gasteiger partial charge in [0.1, 0.15) is 12.1 Å². The van der Waals surface area contributed by atoms with Crippen molar-refractivity contribution in [3.8, 4) is 0 Å². The van der Waals surface area contributed by atoms with E-state index in [4.69, 9.17) is 4.74 Å². The number of amides is 3. The molecule has 0 heterocycles. The smallest absolute Gasteiger partial charge is 0.328 e. The Morgan fingerprint density at radius 3 is 1.93 bits per heavy atom. The van der Waals surface area contributed by atoms with Crippen molar-refractivity contribution in [2.75, 3.05) is 13.7 Å². The number of rotatable bonds is 24. The molecule has 4 atom stereocenters. The molecule has 0 aromatic carbocycles. The molecule has 0 aliphatic carbocycles. The van der Waals surface area contributed by atoms with Gasteiger partial charge in [-0.25, -0.2) is 4.79 Å². The third kappa shape index (κ3) is 16.5. The van der Waals surface area contributed by atoms with Crippen molar-refractivity contribution in [1.29, 1.82) is 0 Å². The van der Waals surface area contributed by atoms with E-state index in [-0.39, 0.29) is 36.7 Å². The molecule has 8 heteroatoms. The molecule has 0 saturated heterocycles. The summed E-state index contributed by atoms with van der Waals surface area (Å²) in [6.07, 6.45) is 14.4. The first kappa shape index (κ1) is 37.4. The second kappa shape index (κ2) is 23.1. The van der Waals surface area contributed by atoms with Crippen molar-refractivity contribution >= 4 is 23.7 Å². The first-order valence-corrected chi connectivity index (χ1v) is 15.4. The molecule has 0 aliphatic rings. The van der Waals surface area contributed by atoms with Gasteiger partial charge in [-0.3, -0.25) is 14.4 Å². The monoisotopic (exact) mass is 563 g/mol. The molecule has 0 aliphatic heterocycles. The Kier molecular flexibility index (Phi) is 21.6. The average molecular weight is 564 g/mol. The maximum Gasteiger partial charge on any atom is 0.328 e. The predicted octanol–water partition coefficient (Wildman–Crippen LogP) is 5.62. The van der Waals surface area contributed by atoms with Gasteiger partial charge in [-0.15, -0.1) is 13.2 Å². The zero-order valence-electron chi connectivity index (χ0n) is 25.9. The summed E-state index contributed by atoms with van der Waals surface area (Å²) in [7, 11) is 1.53. The second-order valence-electron chi connectivity index (χ2n) is 11.0. The lowest BCUT2D eigenvalue weighted by molar-refractivity contribution is -0.148. The topological polar surface area (TPSA) is 114 Å². The number of nitrogens with one attached hydrogen (secondary N) is 3. The molecule has 0 radical (unpaired) electrons. The molecule has 40 heavy (non-hydrogen) atoms. The van der Waals surface area contributed by atoms with Crippen LogP contribution < -0.4 is 16.0 Å². The third-order valence-corrected chi connectivity index (χ3v) is 7.05. The van der Waals surface area contributed by atoms with Crippen molar-refractivity contribution in [3.05, 3.63) is 25.3 Å². The summed E-state index contributed by atoms with van der Waals surface area (Å²) >= 11 is 0. The van der Waals surface area contributed by atoms with Crippen molar-refractivity contribution in [3.63, 3.8) is 0 Å². The highest BCUT2D eigenvalue weighted by atomic mass is 16.5. The summed E-state index contributed by atoms with van der Waals surface area (Å²) in [5, 5.41) is 8.41. The molecule has 0 aromatic rings. The molecule has 0 spiro atoms. The van der Waals surface area contributed by atoms with Crippen LogP contribution in [0.25, 0.3) is 0 Å². The van der Waals surface area contributed by atoms with Gasteiger partial charge < -0.3 is 20.7 Å². The van der Waals surface area contributed by atoms with Gasteiger partial charge in [-0.05, 0) is 57.8 Å². The van der Waals surface area contributed by atoms with E-state index in [1.54, 1.807) is 13.0 Å². The molecule has 0 saturated carbocycles. The number of carbonyl (C=O) groups excluding carboxylic acids is 4. The fraction of sp³-hybridized carbons (Fsp3) is 0.750. The van der Waals surface area contributed by atoms with Gasteiger partial charge in [0.05, 0.1) is 6.61 Å². The third-order valence-electron chi connectivity index (χ3n) is 7.05. The molecular weight excluding hydrogens is 506 g/mol. The summed E-state index contributed by atoms with van der Waals surface area (Å²) in [6.45, 7) is 15.5. The van der Waals surface area contributed by atoms with Crippen LogP contribution in [0.2, 0.25) is 0 Å². The molecule has 0 bridgehead atoms. The average Bonchev–Trinajstić information content (AvgIpc) is 2.92. The number of hydrogen-bond donors (Lipinski definition) is 3. The molecule has 2 unspecified atom stereocenters. The van der Waals surface area contributed by atoms with E-state index < -0.39 is 29.9 Å². The van der Waals surface area contributed by atoms with E-state index in [1.807, 2.05) is 19.9 Å². The van der Waals surface area contributed by atoms with Gasteiger partial charge in [0, 0.05) is 18.9 Å². The van der Waals surface area contributed by atoms with Crippen LogP contribution in [0.1, 0.15) is 111 Å². The SMILES string of the molecule is C=CCCCCC(CCCCCCC)C(=O)N[C@@H](CC(C)C)C(=O)N[C@@H](CC(CC=C)C(=O)NC)C(=O)OCC. The summed E-state index contributed by atoms with van der Waals surface area (Å²) in [5.41, 5.74) is 0. The highest BCUT2D eigenvalue weighted by Crippen LogP contribution is 2.20. The Balaban J connectivity index is 5.68. The fourth-order valence-corrected chi connectivity index (χ4v) is 4.80.